The minimum absolute atomic E-state index is 0.109. The van der Waals surface area contributed by atoms with Crippen LogP contribution in [0.2, 0.25) is 0 Å². The Balaban J connectivity index is 1.45. The highest BCUT2D eigenvalue weighted by atomic mass is 16.2. The van der Waals surface area contributed by atoms with Crippen molar-refractivity contribution >= 4 is 11.8 Å². The van der Waals surface area contributed by atoms with E-state index in [0.29, 0.717) is 43.4 Å². The van der Waals surface area contributed by atoms with Gasteiger partial charge in [0.2, 0.25) is 0 Å². The molecule has 9 nitrogen and oxygen atoms in total. The summed E-state index contributed by atoms with van der Waals surface area (Å²) in [6, 6.07) is 3.13. The van der Waals surface area contributed by atoms with Crippen LogP contribution in [0.3, 0.4) is 0 Å². The Morgan fingerprint density at radius 2 is 1.89 bits per heavy atom. The average Bonchev–Trinajstić information content (AvgIpc) is 3.09. The van der Waals surface area contributed by atoms with Crippen LogP contribution in [0, 0.1) is 6.92 Å². The summed E-state index contributed by atoms with van der Waals surface area (Å²) >= 11 is 0. The van der Waals surface area contributed by atoms with Crippen LogP contribution < -0.4 is 5.56 Å². The van der Waals surface area contributed by atoms with Crippen LogP contribution >= 0.6 is 0 Å². The SMILES string of the molecule is Cc1nc(C2CCN(C(=O)c3cc4n(n3)CCN(C)C4=O)CC2)cc(=O)[nH]1. The number of nitrogens with one attached hydrogen (secondary N) is 1. The predicted molar refractivity (Wildman–Crippen MR) is 96.7 cm³/mol. The fourth-order valence-corrected chi connectivity index (χ4v) is 3.76. The predicted octanol–water partition coefficient (Wildman–Crippen LogP) is 0.380. The summed E-state index contributed by atoms with van der Waals surface area (Å²) in [6.07, 6.45) is 1.49. The second-order valence-electron chi connectivity index (χ2n) is 7.19. The first-order chi connectivity index (χ1) is 12.9. The van der Waals surface area contributed by atoms with Gasteiger partial charge in [-0.2, -0.15) is 5.10 Å². The Morgan fingerprint density at radius 3 is 2.59 bits per heavy atom. The molecule has 4 rings (SSSR count). The van der Waals surface area contributed by atoms with Crippen molar-refractivity contribution in [3.8, 4) is 0 Å². The van der Waals surface area contributed by atoms with Crippen molar-refractivity contribution in [3.05, 3.63) is 45.4 Å². The zero-order valence-electron chi connectivity index (χ0n) is 15.4. The van der Waals surface area contributed by atoms with Gasteiger partial charge in [-0.1, -0.05) is 0 Å². The fraction of sp³-hybridized carbons (Fsp3) is 0.500. The van der Waals surface area contributed by atoms with Gasteiger partial charge in [0, 0.05) is 44.7 Å². The summed E-state index contributed by atoms with van der Waals surface area (Å²) in [4.78, 5) is 47.1. The quantitative estimate of drug-likeness (QED) is 0.823. The molecule has 2 aliphatic heterocycles. The first kappa shape index (κ1) is 17.4. The highest BCUT2D eigenvalue weighted by Gasteiger charge is 2.30. The second-order valence-corrected chi connectivity index (χ2v) is 7.19. The molecule has 1 N–H and O–H groups in total. The topological polar surface area (TPSA) is 104 Å². The normalized spacial score (nSPS) is 17.9. The van der Waals surface area contributed by atoms with Crippen LogP contribution in [0.15, 0.2) is 16.9 Å². The highest BCUT2D eigenvalue weighted by molar-refractivity contribution is 5.98. The smallest absolute Gasteiger partial charge is 0.274 e. The van der Waals surface area contributed by atoms with E-state index < -0.39 is 0 Å². The molecule has 2 aromatic rings. The van der Waals surface area contributed by atoms with E-state index in [-0.39, 0.29) is 23.3 Å². The molecule has 0 saturated carbocycles. The molecule has 2 amide bonds. The van der Waals surface area contributed by atoms with E-state index in [9.17, 15) is 14.4 Å². The maximum absolute atomic E-state index is 12.8. The maximum Gasteiger partial charge on any atom is 0.274 e. The van der Waals surface area contributed by atoms with Gasteiger partial charge < -0.3 is 14.8 Å². The van der Waals surface area contributed by atoms with Crippen LogP contribution in [-0.4, -0.2) is 68.0 Å². The maximum atomic E-state index is 12.8. The molecule has 0 aliphatic carbocycles. The Bertz CT molecular complexity index is 954. The molecule has 0 unspecified atom stereocenters. The Hall–Kier alpha value is -2.97. The zero-order chi connectivity index (χ0) is 19.1. The Morgan fingerprint density at radius 1 is 1.15 bits per heavy atom. The van der Waals surface area contributed by atoms with Crippen molar-refractivity contribution in [2.24, 2.45) is 0 Å². The van der Waals surface area contributed by atoms with Gasteiger partial charge in [0.25, 0.3) is 17.4 Å². The van der Waals surface area contributed by atoms with Gasteiger partial charge in [0.15, 0.2) is 5.69 Å². The monoisotopic (exact) mass is 370 g/mol. The van der Waals surface area contributed by atoms with Crippen molar-refractivity contribution in [3.63, 3.8) is 0 Å². The number of H-pyrrole nitrogens is 1. The standard InChI is InChI=1S/C18H22N6O3/c1-11-19-13(10-16(25)20-11)12-3-5-23(6-4-12)17(26)14-9-15-18(27)22(2)7-8-24(15)21-14/h9-10,12H,3-8H2,1-2H3,(H,19,20,25). The average molecular weight is 370 g/mol. The lowest BCUT2D eigenvalue weighted by Crippen LogP contribution is -2.38. The molecule has 9 heteroatoms. The summed E-state index contributed by atoms with van der Waals surface area (Å²) in [7, 11) is 1.75. The van der Waals surface area contributed by atoms with E-state index in [4.69, 9.17) is 0 Å². The molecule has 4 heterocycles. The number of fused-ring (bicyclic) bond motifs is 1. The van der Waals surface area contributed by atoms with E-state index in [2.05, 4.69) is 15.1 Å². The number of hydrogen-bond donors (Lipinski definition) is 1. The van der Waals surface area contributed by atoms with Crippen LogP contribution in [0.4, 0.5) is 0 Å². The lowest BCUT2D eigenvalue weighted by Gasteiger charge is -2.31. The molecule has 0 aromatic carbocycles. The summed E-state index contributed by atoms with van der Waals surface area (Å²) in [5, 5.41) is 4.33. The molecule has 142 valence electrons. The second kappa shape index (κ2) is 6.64. The first-order valence-corrected chi connectivity index (χ1v) is 9.13. The molecule has 1 fully saturated rings. The highest BCUT2D eigenvalue weighted by Crippen LogP contribution is 2.27. The van der Waals surface area contributed by atoms with E-state index in [1.807, 2.05) is 0 Å². The van der Waals surface area contributed by atoms with Crippen LogP contribution in [0.25, 0.3) is 0 Å². The van der Waals surface area contributed by atoms with Crippen LogP contribution in [0.1, 0.15) is 51.3 Å². The number of piperidine rings is 1. The lowest BCUT2D eigenvalue weighted by atomic mass is 9.93. The van der Waals surface area contributed by atoms with Gasteiger partial charge in [0.1, 0.15) is 11.5 Å². The number of aryl methyl sites for hydroxylation is 1. The number of hydrogen-bond acceptors (Lipinski definition) is 5. The molecule has 1 saturated heterocycles. The molecule has 0 atom stereocenters. The van der Waals surface area contributed by atoms with Gasteiger partial charge in [-0.15, -0.1) is 0 Å². The third-order valence-corrected chi connectivity index (χ3v) is 5.29. The van der Waals surface area contributed by atoms with Crippen LogP contribution in [0.5, 0.6) is 0 Å². The molecular formula is C18H22N6O3. The number of carbonyl (C=O) groups excluding carboxylic acids is 2. The third kappa shape index (κ3) is 3.24. The molecule has 2 aromatic heterocycles. The molecule has 2 aliphatic rings. The minimum Gasteiger partial charge on any atom is -0.339 e. The summed E-state index contributed by atoms with van der Waals surface area (Å²) in [5.41, 5.74) is 1.42. The van der Waals surface area contributed by atoms with Crippen LogP contribution in [-0.2, 0) is 6.54 Å². The number of amides is 2. The van der Waals surface area contributed by atoms with Gasteiger partial charge >= 0.3 is 0 Å². The van der Waals surface area contributed by atoms with Gasteiger partial charge in [-0.05, 0) is 19.8 Å². The van der Waals surface area contributed by atoms with E-state index in [0.717, 1.165) is 18.5 Å². The van der Waals surface area contributed by atoms with Crippen molar-refractivity contribution in [2.45, 2.75) is 32.2 Å². The molecule has 0 radical (unpaired) electrons. The van der Waals surface area contributed by atoms with Crippen molar-refractivity contribution in [2.75, 3.05) is 26.7 Å². The van der Waals surface area contributed by atoms with Crippen molar-refractivity contribution in [1.82, 2.24) is 29.5 Å². The number of nitrogens with zero attached hydrogens (tertiary/aromatic N) is 5. The van der Waals surface area contributed by atoms with Gasteiger partial charge in [-0.25, -0.2) is 4.98 Å². The molecule has 0 bridgehead atoms. The van der Waals surface area contributed by atoms with E-state index in [1.54, 1.807) is 40.6 Å². The van der Waals surface area contributed by atoms with E-state index >= 15 is 0 Å². The minimum atomic E-state index is -0.152. The van der Waals surface area contributed by atoms with Gasteiger partial charge in [0.05, 0.1) is 12.2 Å². The number of rotatable bonds is 2. The number of aromatic amines is 1. The number of likely N-dealkylation sites (N-methyl/N-ethyl adjacent to an activating group) is 1. The Labute approximate surface area is 156 Å². The fourth-order valence-electron chi connectivity index (χ4n) is 3.76. The largest absolute Gasteiger partial charge is 0.339 e. The van der Waals surface area contributed by atoms with E-state index in [1.165, 1.54) is 0 Å². The van der Waals surface area contributed by atoms with Crippen molar-refractivity contribution in [1.29, 1.82) is 0 Å². The zero-order valence-corrected chi connectivity index (χ0v) is 15.4. The first-order valence-electron chi connectivity index (χ1n) is 9.13. The number of likely N-dealkylation sites (tertiary alicyclic amines) is 1. The summed E-state index contributed by atoms with van der Waals surface area (Å²) in [6.45, 7) is 4.11. The third-order valence-electron chi connectivity index (χ3n) is 5.29. The summed E-state index contributed by atoms with van der Waals surface area (Å²) in [5.74, 6) is 0.512. The Kier molecular flexibility index (Phi) is 4.29. The summed E-state index contributed by atoms with van der Waals surface area (Å²) < 4.78 is 1.62. The lowest BCUT2D eigenvalue weighted by molar-refractivity contribution is 0.0701. The number of carbonyl (C=O) groups is 2. The number of aromatic nitrogens is 4. The van der Waals surface area contributed by atoms with Gasteiger partial charge in [-0.3, -0.25) is 19.1 Å². The van der Waals surface area contributed by atoms with Crippen molar-refractivity contribution < 1.29 is 9.59 Å². The molecule has 0 spiro atoms. The molecular weight excluding hydrogens is 348 g/mol. The molecule has 27 heavy (non-hydrogen) atoms.